The van der Waals surface area contributed by atoms with Crippen molar-refractivity contribution in [2.24, 2.45) is 5.92 Å². The van der Waals surface area contributed by atoms with Crippen molar-refractivity contribution in [3.8, 4) is 0 Å². The van der Waals surface area contributed by atoms with Crippen LogP contribution in [0.1, 0.15) is 84.4 Å². The summed E-state index contributed by atoms with van der Waals surface area (Å²) in [5, 5.41) is 17.2. The normalized spacial score (nSPS) is 12.9. The largest absolute Gasteiger partial charge is 0.390 e. The first-order chi connectivity index (χ1) is 18.0. The van der Waals surface area contributed by atoms with Gasteiger partial charge in [0, 0.05) is 30.8 Å². The summed E-state index contributed by atoms with van der Waals surface area (Å²) in [6.07, 6.45) is 2.07. The number of nitrogens with one attached hydrogen (secondary N) is 2. The van der Waals surface area contributed by atoms with Gasteiger partial charge in [-0.05, 0) is 92.9 Å². The molecule has 6 nitrogen and oxygen atoms in total. The highest BCUT2D eigenvalue weighted by atomic mass is 19.1. The predicted octanol–water partition coefficient (Wildman–Crippen LogP) is 5.04. The van der Waals surface area contributed by atoms with Gasteiger partial charge in [0.25, 0.3) is 11.8 Å². The average Bonchev–Trinajstić information content (AvgIpc) is 2.87. The maximum atomic E-state index is 14.2. The van der Waals surface area contributed by atoms with Gasteiger partial charge in [-0.15, -0.1) is 0 Å². The fourth-order valence-electron chi connectivity index (χ4n) is 4.41. The summed E-state index contributed by atoms with van der Waals surface area (Å²) in [6.45, 7) is 14.3. The molecule has 210 valence electrons. The molecule has 2 rings (SSSR count). The first-order valence-corrected chi connectivity index (χ1v) is 13.9. The van der Waals surface area contributed by atoms with Crippen molar-refractivity contribution in [2.75, 3.05) is 26.2 Å². The van der Waals surface area contributed by atoms with E-state index in [2.05, 4.69) is 24.5 Å². The zero-order chi connectivity index (χ0) is 28.2. The van der Waals surface area contributed by atoms with Crippen molar-refractivity contribution < 1.29 is 19.1 Å². The van der Waals surface area contributed by atoms with Gasteiger partial charge in [-0.25, -0.2) is 4.39 Å². The maximum absolute atomic E-state index is 14.2. The molecule has 0 radical (unpaired) electrons. The number of carbonyl (C=O) groups is 2. The zero-order valence-corrected chi connectivity index (χ0v) is 23.9. The van der Waals surface area contributed by atoms with Crippen LogP contribution >= 0.6 is 0 Å². The molecule has 0 fully saturated rings. The minimum Gasteiger partial charge on any atom is -0.390 e. The molecule has 0 unspecified atom stereocenters. The van der Waals surface area contributed by atoms with E-state index in [1.54, 1.807) is 31.2 Å². The van der Waals surface area contributed by atoms with E-state index >= 15 is 0 Å². The van der Waals surface area contributed by atoms with Gasteiger partial charge in [0.1, 0.15) is 5.82 Å². The Kier molecular flexibility index (Phi) is 12.9. The van der Waals surface area contributed by atoms with Crippen LogP contribution in [0.5, 0.6) is 0 Å². The van der Waals surface area contributed by atoms with Crippen molar-refractivity contribution in [3.05, 3.63) is 70.0 Å². The molecule has 0 saturated carbocycles. The number of benzene rings is 2. The van der Waals surface area contributed by atoms with Crippen LogP contribution < -0.4 is 10.6 Å². The van der Waals surface area contributed by atoms with Crippen LogP contribution in [0.3, 0.4) is 0 Å². The molecular formula is C31H46FN3O3. The summed E-state index contributed by atoms with van der Waals surface area (Å²) >= 11 is 0. The molecule has 38 heavy (non-hydrogen) atoms. The zero-order valence-electron chi connectivity index (χ0n) is 23.9. The fourth-order valence-corrected chi connectivity index (χ4v) is 4.41. The second kappa shape index (κ2) is 15.6. The van der Waals surface area contributed by atoms with Gasteiger partial charge in [-0.1, -0.05) is 39.8 Å². The van der Waals surface area contributed by atoms with Crippen LogP contribution in [0.15, 0.2) is 36.4 Å². The summed E-state index contributed by atoms with van der Waals surface area (Å²) in [6, 6.07) is 9.49. The third-order valence-electron chi connectivity index (χ3n) is 6.59. The lowest BCUT2D eigenvalue weighted by molar-refractivity contribution is 0.0755. The van der Waals surface area contributed by atoms with Gasteiger partial charge in [-0.2, -0.15) is 0 Å². The third kappa shape index (κ3) is 9.84. The van der Waals surface area contributed by atoms with Gasteiger partial charge >= 0.3 is 0 Å². The van der Waals surface area contributed by atoms with Crippen molar-refractivity contribution >= 4 is 11.8 Å². The van der Waals surface area contributed by atoms with Gasteiger partial charge < -0.3 is 20.6 Å². The summed E-state index contributed by atoms with van der Waals surface area (Å²) < 4.78 is 14.2. The predicted molar refractivity (Wildman–Crippen MR) is 152 cm³/mol. The van der Waals surface area contributed by atoms with E-state index < -0.39 is 12.1 Å². The van der Waals surface area contributed by atoms with Crippen LogP contribution in [0, 0.1) is 25.6 Å². The Labute approximate surface area is 228 Å². The highest BCUT2D eigenvalue weighted by Gasteiger charge is 2.24. The first kappa shape index (κ1) is 31.4. The Bertz CT molecular complexity index is 1050. The molecule has 0 aliphatic carbocycles. The molecule has 2 amide bonds. The van der Waals surface area contributed by atoms with Crippen molar-refractivity contribution in [3.63, 3.8) is 0 Å². The maximum Gasteiger partial charge on any atom is 0.253 e. The second-order valence-electron chi connectivity index (χ2n) is 10.7. The topological polar surface area (TPSA) is 81.7 Å². The fraction of sp³-hybridized carbons (Fsp3) is 0.548. The Balaban J connectivity index is 2.26. The monoisotopic (exact) mass is 527 g/mol. The number of amides is 2. The van der Waals surface area contributed by atoms with Crippen LogP contribution in [0.2, 0.25) is 0 Å². The Morgan fingerprint density at radius 2 is 1.66 bits per heavy atom. The average molecular weight is 528 g/mol. The van der Waals surface area contributed by atoms with Crippen molar-refractivity contribution in [1.29, 1.82) is 0 Å². The minimum absolute atomic E-state index is 0.0903. The molecule has 0 aliphatic heterocycles. The molecule has 2 atom stereocenters. The molecule has 0 spiro atoms. The second-order valence-corrected chi connectivity index (χ2v) is 10.7. The molecule has 3 N–H and O–H groups in total. The molecule has 0 aromatic heterocycles. The molecule has 7 heteroatoms. The highest BCUT2D eigenvalue weighted by molar-refractivity contribution is 6.00. The van der Waals surface area contributed by atoms with Gasteiger partial charge in [0.15, 0.2) is 0 Å². The summed E-state index contributed by atoms with van der Waals surface area (Å²) in [7, 11) is 0. The first-order valence-electron chi connectivity index (χ1n) is 13.9. The molecule has 2 aromatic carbocycles. The van der Waals surface area contributed by atoms with Gasteiger partial charge in [-0.3, -0.25) is 9.59 Å². The minimum atomic E-state index is -0.883. The van der Waals surface area contributed by atoms with E-state index in [1.807, 2.05) is 31.7 Å². The molecular weight excluding hydrogens is 481 g/mol. The number of nitrogens with zero attached hydrogens (tertiary/aromatic N) is 1. The quantitative estimate of drug-likeness (QED) is 0.284. The molecule has 0 saturated heterocycles. The van der Waals surface area contributed by atoms with Crippen molar-refractivity contribution in [2.45, 2.75) is 79.4 Å². The van der Waals surface area contributed by atoms with E-state index in [9.17, 15) is 19.1 Å². The van der Waals surface area contributed by atoms with Crippen LogP contribution in [0.4, 0.5) is 4.39 Å². The number of aryl methyl sites for hydroxylation is 2. The number of carbonyl (C=O) groups excluding carboxylic acids is 2. The number of halogens is 1. The van der Waals surface area contributed by atoms with E-state index in [1.165, 1.54) is 6.07 Å². The van der Waals surface area contributed by atoms with E-state index in [0.717, 1.165) is 31.4 Å². The van der Waals surface area contributed by atoms with Crippen LogP contribution in [-0.4, -0.2) is 60.1 Å². The summed E-state index contributed by atoms with van der Waals surface area (Å²) in [4.78, 5) is 28.4. The van der Waals surface area contributed by atoms with Crippen LogP contribution in [0.25, 0.3) is 0 Å². The lowest BCUT2D eigenvalue weighted by Gasteiger charge is -2.26. The standard InChI is InChI=1S/C31H46FN3O3/c1-7-13-35(14-8-2)31(38)26-16-22(5)15-25(19-26)30(37)34-28(29(36)20-33-12-11-21(3)4)18-24-10-9-23(6)27(32)17-24/h9-10,15-17,19,21,28-29,33,36H,7-8,11-14,18,20H2,1-6H3,(H,34,37)/t28-,29+/m0/s1. The highest BCUT2D eigenvalue weighted by Crippen LogP contribution is 2.16. The number of hydrogen-bond acceptors (Lipinski definition) is 4. The molecule has 0 bridgehead atoms. The molecule has 2 aromatic rings. The molecule has 0 aliphatic rings. The van der Waals surface area contributed by atoms with E-state index in [4.69, 9.17) is 0 Å². The summed E-state index contributed by atoms with van der Waals surface area (Å²) in [5.74, 6) is -0.247. The number of aliphatic hydroxyl groups excluding tert-OH is 1. The number of hydrogen-bond donors (Lipinski definition) is 3. The van der Waals surface area contributed by atoms with E-state index in [0.29, 0.717) is 47.8 Å². The Morgan fingerprint density at radius 3 is 2.26 bits per heavy atom. The number of aliphatic hydroxyl groups is 1. The third-order valence-corrected chi connectivity index (χ3v) is 6.59. The number of rotatable bonds is 15. The van der Waals surface area contributed by atoms with Gasteiger partial charge in [0.05, 0.1) is 12.1 Å². The lowest BCUT2D eigenvalue weighted by atomic mass is 9.98. The van der Waals surface area contributed by atoms with Gasteiger partial charge in [0.2, 0.25) is 0 Å². The lowest BCUT2D eigenvalue weighted by Crippen LogP contribution is -2.49. The van der Waals surface area contributed by atoms with E-state index in [-0.39, 0.29) is 24.1 Å². The SMILES string of the molecule is CCCN(CCC)C(=O)c1cc(C)cc(C(=O)N[C@@H](Cc2ccc(C)c(F)c2)[C@H](O)CNCCC(C)C)c1. The Morgan fingerprint density at radius 1 is 1.00 bits per heavy atom. The van der Waals surface area contributed by atoms with Crippen LogP contribution in [-0.2, 0) is 6.42 Å². The summed E-state index contributed by atoms with van der Waals surface area (Å²) in [5.41, 5.74) is 2.88. The van der Waals surface area contributed by atoms with Crippen molar-refractivity contribution in [1.82, 2.24) is 15.5 Å². The Hall–Kier alpha value is -2.77. The molecule has 0 heterocycles. The smallest absolute Gasteiger partial charge is 0.253 e.